The Kier molecular flexibility index (Phi) is 9.80. The minimum Gasteiger partial charge on any atom is -0.496 e. The fourth-order valence-electron chi connectivity index (χ4n) is 7.41. The maximum Gasteiger partial charge on any atom is 0.293 e. The van der Waals surface area contributed by atoms with Crippen LogP contribution in [0.2, 0.25) is 0 Å². The first-order valence-corrected chi connectivity index (χ1v) is 19.3. The summed E-state index contributed by atoms with van der Waals surface area (Å²) in [5, 5.41) is 21.4. The number of hydrogen-bond donors (Lipinski definition) is 3. The minimum atomic E-state index is -3.83. The van der Waals surface area contributed by atoms with E-state index in [0.717, 1.165) is 18.4 Å². The number of aryl methyl sites for hydroxylation is 1. The molecule has 0 unspecified atom stereocenters. The predicted octanol–water partition coefficient (Wildman–Crippen LogP) is 5.86. The van der Waals surface area contributed by atoms with Crippen molar-refractivity contribution in [2.45, 2.75) is 63.1 Å². The molecule has 2 aliphatic carbocycles. The van der Waals surface area contributed by atoms with Crippen LogP contribution in [0, 0.1) is 29.4 Å². The van der Waals surface area contributed by atoms with Gasteiger partial charge in [-0.3, -0.25) is 18.9 Å². The van der Waals surface area contributed by atoms with Crippen LogP contribution in [0.4, 0.5) is 32.2 Å². The van der Waals surface area contributed by atoms with Gasteiger partial charge in [-0.1, -0.05) is 5.92 Å². The van der Waals surface area contributed by atoms with Crippen LogP contribution in [-0.2, 0) is 40.8 Å². The zero-order valence-corrected chi connectivity index (χ0v) is 31.8. The largest absolute Gasteiger partial charge is 0.496 e. The summed E-state index contributed by atoms with van der Waals surface area (Å²) in [6, 6.07) is 7.62. The van der Waals surface area contributed by atoms with Crippen molar-refractivity contribution in [3.63, 3.8) is 0 Å². The zero-order chi connectivity index (χ0) is 41.4. The van der Waals surface area contributed by atoms with Crippen molar-refractivity contribution in [1.82, 2.24) is 29.9 Å². The Morgan fingerprint density at radius 1 is 1.09 bits per heavy atom. The SMILES string of the molecule is COc1ccc(-c2ccc(C#CC(C)(C)O)nc2[C@H](Cc2cc(F)cc(F)c2)NC(=O)Cn2nc(C(F)F)c3c2C(F)(F)[C@@H]2C[C@H]32)c2c1c(NS(C)(=O)=O)nn2C. The smallest absolute Gasteiger partial charge is 0.293 e. The molecule has 0 radical (unpaired) electrons. The van der Waals surface area contributed by atoms with E-state index < -0.39 is 81.3 Å². The zero-order valence-electron chi connectivity index (χ0n) is 31.0. The van der Waals surface area contributed by atoms with Crippen molar-refractivity contribution in [3.8, 4) is 28.7 Å². The number of benzene rings is 2. The number of amides is 1. The standard InChI is InChI=1S/C38H35F6N7O5S/c1-37(2,53)11-10-21-6-7-22(23-8-9-27(56-4)30-33(23)50(3)48-36(30)49-57(5,54)55)31(45-21)26(14-18-12-19(39)15-20(40)13-18)46-28(52)17-51-34-29(32(47-51)35(41)42)24-16-25(24)38(34,43)44/h6-9,12-13,15,24-26,35,53H,14,16-17H2,1-5H3,(H,46,52)(H,48,49)/t24-,25+,26-/m0/s1. The van der Waals surface area contributed by atoms with E-state index in [1.54, 1.807) is 19.2 Å². The molecule has 2 aliphatic rings. The molecule has 7 rings (SSSR count). The Hall–Kier alpha value is -5.61. The molecular formula is C38H35F6N7O5S. The lowest BCUT2D eigenvalue weighted by molar-refractivity contribution is -0.123. The molecule has 1 amide bonds. The second-order valence-electron chi connectivity index (χ2n) is 14.6. The fraction of sp³-hybridized carbons (Fsp3) is 0.368. The second kappa shape index (κ2) is 14.1. The van der Waals surface area contributed by atoms with Crippen molar-refractivity contribution in [1.29, 1.82) is 0 Å². The van der Waals surface area contributed by atoms with Gasteiger partial charge in [0.25, 0.3) is 12.3 Å². The van der Waals surface area contributed by atoms with E-state index in [2.05, 4.69) is 32.1 Å². The molecule has 3 atom stereocenters. The van der Waals surface area contributed by atoms with Gasteiger partial charge in [-0.15, -0.1) is 0 Å². The van der Waals surface area contributed by atoms with Gasteiger partial charge >= 0.3 is 0 Å². The summed E-state index contributed by atoms with van der Waals surface area (Å²) in [4.78, 5) is 18.7. The first-order chi connectivity index (χ1) is 26.6. The highest BCUT2D eigenvalue weighted by Crippen LogP contribution is 2.68. The van der Waals surface area contributed by atoms with Crippen molar-refractivity contribution < 1.29 is 49.4 Å². The first kappa shape index (κ1) is 39.6. The number of pyridine rings is 1. The van der Waals surface area contributed by atoms with Gasteiger partial charge in [-0.2, -0.15) is 19.0 Å². The number of methoxy groups -OCH3 is 1. The number of hydrogen-bond acceptors (Lipinski definition) is 8. The number of aliphatic hydroxyl groups is 1. The molecule has 12 nitrogen and oxygen atoms in total. The van der Waals surface area contributed by atoms with E-state index in [1.807, 2.05) is 0 Å². The quantitative estimate of drug-likeness (QED) is 0.111. The lowest BCUT2D eigenvalue weighted by Gasteiger charge is -2.23. The number of fused-ring (bicyclic) bond motifs is 4. The molecule has 0 bridgehead atoms. The molecule has 1 saturated carbocycles. The normalized spacial score (nSPS) is 17.5. The van der Waals surface area contributed by atoms with Gasteiger partial charge in [0.1, 0.15) is 46.6 Å². The number of rotatable bonds is 11. The molecule has 0 aliphatic heterocycles. The number of anilines is 1. The van der Waals surface area contributed by atoms with Crippen LogP contribution in [-0.4, -0.2) is 62.9 Å². The number of nitrogens with zero attached hydrogens (tertiary/aromatic N) is 5. The van der Waals surface area contributed by atoms with E-state index >= 15 is 8.78 Å². The third kappa shape index (κ3) is 7.75. The monoisotopic (exact) mass is 815 g/mol. The third-order valence-electron chi connectivity index (χ3n) is 9.65. The van der Waals surface area contributed by atoms with Gasteiger partial charge in [0.2, 0.25) is 15.9 Å². The van der Waals surface area contributed by atoms with Crippen molar-refractivity contribution >= 4 is 32.7 Å². The maximum absolute atomic E-state index is 15.4. The number of nitrogens with one attached hydrogen (secondary N) is 2. The Bertz CT molecular complexity index is 2610. The third-order valence-corrected chi connectivity index (χ3v) is 10.2. The lowest BCUT2D eigenvalue weighted by Crippen LogP contribution is -2.35. The summed E-state index contributed by atoms with van der Waals surface area (Å²) in [5.74, 6) is -2.74. The van der Waals surface area contributed by atoms with Crippen LogP contribution in [0.25, 0.3) is 22.0 Å². The number of aromatic nitrogens is 5. The Labute approximate surface area is 322 Å². The van der Waals surface area contributed by atoms with Crippen LogP contribution in [0.5, 0.6) is 5.75 Å². The number of carbonyl (C=O) groups is 1. The summed E-state index contributed by atoms with van der Waals surface area (Å²) in [6.45, 7) is 1.96. The fourth-order valence-corrected chi connectivity index (χ4v) is 7.91. The van der Waals surface area contributed by atoms with Gasteiger partial charge in [0.15, 0.2) is 5.82 Å². The van der Waals surface area contributed by atoms with Gasteiger partial charge in [-0.25, -0.2) is 31.0 Å². The van der Waals surface area contributed by atoms with E-state index in [4.69, 9.17) is 9.72 Å². The summed E-state index contributed by atoms with van der Waals surface area (Å²) >= 11 is 0. The van der Waals surface area contributed by atoms with Crippen LogP contribution >= 0.6 is 0 Å². The van der Waals surface area contributed by atoms with Crippen LogP contribution in [0.1, 0.15) is 72.6 Å². The molecule has 57 heavy (non-hydrogen) atoms. The van der Waals surface area contributed by atoms with Crippen LogP contribution in [0.3, 0.4) is 0 Å². The summed E-state index contributed by atoms with van der Waals surface area (Å²) in [5.41, 5.74) is -2.16. The van der Waals surface area contributed by atoms with Gasteiger partial charge < -0.3 is 15.2 Å². The highest BCUT2D eigenvalue weighted by Gasteiger charge is 2.67. The number of halogens is 6. The number of alkyl halides is 4. The Morgan fingerprint density at radius 3 is 2.40 bits per heavy atom. The minimum absolute atomic E-state index is 0.0200. The summed E-state index contributed by atoms with van der Waals surface area (Å²) in [7, 11) is -0.920. The van der Waals surface area contributed by atoms with Crippen LogP contribution < -0.4 is 14.8 Å². The maximum atomic E-state index is 15.4. The molecular weight excluding hydrogens is 781 g/mol. The van der Waals surface area contributed by atoms with Crippen molar-refractivity contribution in [2.75, 3.05) is 18.1 Å². The van der Waals surface area contributed by atoms with Crippen molar-refractivity contribution in [3.05, 3.63) is 88.0 Å². The van der Waals surface area contributed by atoms with Gasteiger partial charge in [0.05, 0.1) is 36.0 Å². The summed E-state index contributed by atoms with van der Waals surface area (Å²) in [6.07, 6.45) is -2.55. The highest BCUT2D eigenvalue weighted by molar-refractivity contribution is 7.92. The van der Waals surface area contributed by atoms with Crippen molar-refractivity contribution in [2.24, 2.45) is 13.0 Å². The second-order valence-corrected chi connectivity index (χ2v) is 16.4. The Balaban J connectivity index is 1.40. The lowest BCUT2D eigenvalue weighted by atomic mass is 9.93. The first-order valence-electron chi connectivity index (χ1n) is 17.4. The average molecular weight is 816 g/mol. The molecule has 3 aromatic heterocycles. The molecule has 2 aromatic carbocycles. The highest BCUT2D eigenvalue weighted by atomic mass is 32.2. The molecule has 0 saturated heterocycles. The molecule has 3 heterocycles. The number of sulfonamides is 1. The molecule has 300 valence electrons. The summed E-state index contributed by atoms with van der Waals surface area (Å²) < 4.78 is 122. The predicted molar refractivity (Wildman–Crippen MR) is 195 cm³/mol. The molecule has 1 fully saturated rings. The number of ether oxygens (including phenoxy) is 1. The topological polar surface area (TPSA) is 153 Å². The van der Waals surface area contributed by atoms with E-state index in [9.17, 15) is 35.9 Å². The molecule has 5 aromatic rings. The molecule has 3 N–H and O–H groups in total. The van der Waals surface area contributed by atoms with Gasteiger partial charge in [-0.05, 0) is 80.5 Å². The molecule has 19 heteroatoms. The van der Waals surface area contributed by atoms with E-state index in [-0.39, 0.29) is 57.9 Å². The van der Waals surface area contributed by atoms with E-state index in [0.29, 0.717) is 21.8 Å². The molecule has 0 spiro atoms. The number of carbonyl (C=O) groups excluding carboxylic acids is 1. The Morgan fingerprint density at radius 2 is 1.77 bits per heavy atom. The van der Waals surface area contributed by atoms with E-state index in [1.165, 1.54) is 37.8 Å². The van der Waals surface area contributed by atoms with Gasteiger partial charge in [0, 0.05) is 35.7 Å². The van der Waals surface area contributed by atoms with Crippen LogP contribution in [0.15, 0.2) is 42.5 Å². The average Bonchev–Trinajstić information content (AvgIpc) is 3.65.